The molecule has 0 bridgehead atoms. The second kappa shape index (κ2) is 6.71. The first-order valence-corrected chi connectivity index (χ1v) is 8.45. The number of hydrogen-bond donors (Lipinski definition) is 2. The van der Waals surface area contributed by atoms with Crippen molar-refractivity contribution >= 4 is 10.0 Å². The molecule has 1 aromatic heterocycles. The monoisotopic (exact) mass is 301 g/mol. The van der Waals surface area contributed by atoms with Crippen LogP contribution in [-0.2, 0) is 21.3 Å². The predicted molar refractivity (Wildman–Crippen MR) is 77.0 cm³/mol. The molecule has 0 spiro atoms. The van der Waals surface area contributed by atoms with Gasteiger partial charge in [-0.2, -0.15) is 4.31 Å². The van der Waals surface area contributed by atoms with E-state index in [1.807, 2.05) is 14.0 Å². The van der Waals surface area contributed by atoms with Gasteiger partial charge in [-0.25, -0.2) is 8.42 Å². The molecule has 0 saturated carbocycles. The third-order valence-corrected chi connectivity index (χ3v) is 5.31. The minimum absolute atomic E-state index is 0.0132. The Morgan fingerprint density at radius 1 is 1.55 bits per heavy atom. The van der Waals surface area contributed by atoms with Gasteiger partial charge in [0.15, 0.2) is 0 Å². The molecule has 6 nitrogen and oxygen atoms in total. The number of rotatable bonds is 6. The Kier molecular flexibility index (Phi) is 5.20. The van der Waals surface area contributed by atoms with E-state index in [9.17, 15) is 8.42 Å². The topological polar surface area (TPSA) is 74.4 Å². The molecule has 2 heterocycles. The normalized spacial score (nSPS) is 21.2. The molecule has 1 atom stereocenters. The van der Waals surface area contributed by atoms with Gasteiger partial charge in [-0.1, -0.05) is 0 Å². The third-order valence-electron chi connectivity index (χ3n) is 3.46. The van der Waals surface area contributed by atoms with E-state index in [4.69, 9.17) is 4.74 Å². The van der Waals surface area contributed by atoms with Gasteiger partial charge in [-0.3, -0.25) is 0 Å². The SMILES string of the molecule is CCOC1CCCN(S(=O)(=O)c2c[nH]c(CNC)c2)C1. The van der Waals surface area contributed by atoms with E-state index in [-0.39, 0.29) is 6.10 Å². The summed E-state index contributed by atoms with van der Waals surface area (Å²) in [5, 5.41) is 2.99. The lowest BCUT2D eigenvalue weighted by molar-refractivity contribution is 0.0265. The lowest BCUT2D eigenvalue weighted by Gasteiger charge is -2.31. The van der Waals surface area contributed by atoms with Crippen molar-refractivity contribution in [3.63, 3.8) is 0 Å². The Bertz CT molecular complexity index is 525. The van der Waals surface area contributed by atoms with Crippen LogP contribution in [-0.4, -0.2) is 50.6 Å². The average Bonchev–Trinajstić information content (AvgIpc) is 2.89. The average molecular weight is 301 g/mol. The molecule has 2 rings (SSSR count). The molecule has 1 fully saturated rings. The van der Waals surface area contributed by atoms with Gasteiger partial charge < -0.3 is 15.0 Å². The van der Waals surface area contributed by atoms with Gasteiger partial charge in [0.1, 0.15) is 0 Å². The molecule has 1 aliphatic heterocycles. The molecule has 1 aromatic rings. The fraction of sp³-hybridized carbons (Fsp3) is 0.692. The van der Waals surface area contributed by atoms with E-state index in [0.717, 1.165) is 18.5 Å². The van der Waals surface area contributed by atoms with Gasteiger partial charge in [0.2, 0.25) is 10.0 Å². The minimum Gasteiger partial charge on any atom is -0.377 e. The van der Waals surface area contributed by atoms with Crippen LogP contribution >= 0.6 is 0 Å². The summed E-state index contributed by atoms with van der Waals surface area (Å²) in [4.78, 5) is 3.32. The molecule has 0 aromatic carbocycles. The van der Waals surface area contributed by atoms with Gasteiger partial charge in [0.25, 0.3) is 0 Å². The van der Waals surface area contributed by atoms with Crippen LogP contribution in [0.15, 0.2) is 17.2 Å². The van der Waals surface area contributed by atoms with Gasteiger partial charge in [0, 0.05) is 38.1 Å². The van der Waals surface area contributed by atoms with Crippen LogP contribution in [0, 0.1) is 0 Å². The lowest BCUT2D eigenvalue weighted by atomic mass is 10.1. The Hall–Kier alpha value is -0.890. The maximum Gasteiger partial charge on any atom is 0.244 e. The summed E-state index contributed by atoms with van der Waals surface area (Å²) in [6.45, 7) is 4.19. The number of aromatic amines is 1. The third kappa shape index (κ3) is 3.41. The number of sulfonamides is 1. The summed E-state index contributed by atoms with van der Waals surface area (Å²) in [6.07, 6.45) is 3.35. The highest BCUT2D eigenvalue weighted by Gasteiger charge is 2.31. The van der Waals surface area contributed by atoms with Gasteiger partial charge in [0.05, 0.1) is 11.0 Å². The van der Waals surface area contributed by atoms with E-state index in [1.54, 1.807) is 12.3 Å². The number of piperidine rings is 1. The molecule has 7 heteroatoms. The molecule has 1 unspecified atom stereocenters. The fourth-order valence-corrected chi connectivity index (χ4v) is 4.03. The van der Waals surface area contributed by atoms with Crippen molar-refractivity contribution in [2.45, 2.75) is 37.3 Å². The van der Waals surface area contributed by atoms with Crippen molar-refractivity contribution in [1.82, 2.24) is 14.6 Å². The first-order chi connectivity index (χ1) is 9.57. The molecule has 1 aliphatic rings. The van der Waals surface area contributed by atoms with Crippen molar-refractivity contribution in [1.29, 1.82) is 0 Å². The van der Waals surface area contributed by atoms with Crippen LogP contribution in [0.1, 0.15) is 25.5 Å². The van der Waals surface area contributed by atoms with E-state index >= 15 is 0 Å². The van der Waals surface area contributed by atoms with Crippen LogP contribution in [0.4, 0.5) is 0 Å². The first-order valence-electron chi connectivity index (χ1n) is 7.01. The maximum absolute atomic E-state index is 12.6. The summed E-state index contributed by atoms with van der Waals surface area (Å²) >= 11 is 0. The summed E-state index contributed by atoms with van der Waals surface area (Å²) in [5.74, 6) is 0. The van der Waals surface area contributed by atoms with Gasteiger partial charge >= 0.3 is 0 Å². The largest absolute Gasteiger partial charge is 0.377 e. The van der Waals surface area contributed by atoms with Crippen molar-refractivity contribution in [3.8, 4) is 0 Å². The zero-order valence-corrected chi connectivity index (χ0v) is 12.9. The lowest BCUT2D eigenvalue weighted by Crippen LogP contribution is -2.43. The summed E-state index contributed by atoms with van der Waals surface area (Å²) in [5.41, 5.74) is 0.865. The fourth-order valence-electron chi connectivity index (χ4n) is 2.50. The summed E-state index contributed by atoms with van der Waals surface area (Å²) < 4.78 is 32.3. The summed E-state index contributed by atoms with van der Waals surface area (Å²) in [7, 11) is -1.59. The zero-order chi connectivity index (χ0) is 14.6. The number of H-pyrrole nitrogens is 1. The molecular weight excluding hydrogens is 278 g/mol. The molecule has 0 aliphatic carbocycles. The van der Waals surface area contributed by atoms with Crippen LogP contribution in [0.2, 0.25) is 0 Å². The molecule has 0 amide bonds. The highest BCUT2D eigenvalue weighted by atomic mass is 32.2. The Morgan fingerprint density at radius 2 is 2.35 bits per heavy atom. The van der Waals surface area contributed by atoms with E-state index in [0.29, 0.717) is 31.1 Å². The van der Waals surface area contributed by atoms with E-state index < -0.39 is 10.0 Å². The van der Waals surface area contributed by atoms with Crippen LogP contribution in [0.5, 0.6) is 0 Å². The Labute approximate surface area is 120 Å². The van der Waals surface area contributed by atoms with Crippen molar-refractivity contribution < 1.29 is 13.2 Å². The molecular formula is C13H23N3O3S. The minimum atomic E-state index is -3.42. The highest BCUT2D eigenvalue weighted by molar-refractivity contribution is 7.89. The Morgan fingerprint density at radius 3 is 3.05 bits per heavy atom. The number of nitrogens with one attached hydrogen (secondary N) is 2. The smallest absolute Gasteiger partial charge is 0.244 e. The summed E-state index contributed by atoms with van der Waals surface area (Å²) in [6, 6.07) is 1.69. The second-order valence-electron chi connectivity index (χ2n) is 4.97. The molecule has 20 heavy (non-hydrogen) atoms. The van der Waals surface area contributed by atoms with E-state index in [1.165, 1.54) is 4.31 Å². The molecule has 0 radical (unpaired) electrons. The van der Waals surface area contributed by atoms with Crippen LogP contribution < -0.4 is 5.32 Å². The number of aromatic nitrogens is 1. The van der Waals surface area contributed by atoms with Crippen molar-refractivity contribution in [3.05, 3.63) is 18.0 Å². The number of ether oxygens (including phenoxy) is 1. The van der Waals surface area contributed by atoms with Crippen molar-refractivity contribution in [2.24, 2.45) is 0 Å². The predicted octanol–water partition coefficient (Wildman–Crippen LogP) is 0.924. The molecule has 1 saturated heterocycles. The maximum atomic E-state index is 12.6. The van der Waals surface area contributed by atoms with Gasteiger partial charge in [-0.05, 0) is 32.9 Å². The number of nitrogens with zero attached hydrogens (tertiary/aromatic N) is 1. The standard InChI is InChI=1S/C13H23N3O3S/c1-3-19-12-5-4-6-16(10-12)20(17,18)13-7-11(8-14-2)15-9-13/h7,9,12,14-15H,3-6,8,10H2,1-2H3. The molecule has 2 N–H and O–H groups in total. The second-order valence-corrected chi connectivity index (χ2v) is 6.91. The zero-order valence-electron chi connectivity index (χ0n) is 12.1. The van der Waals surface area contributed by atoms with Crippen LogP contribution in [0.3, 0.4) is 0 Å². The van der Waals surface area contributed by atoms with Crippen LogP contribution in [0.25, 0.3) is 0 Å². The highest BCUT2D eigenvalue weighted by Crippen LogP contribution is 2.22. The van der Waals surface area contributed by atoms with Crippen molar-refractivity contribution in [2.75, 3.05) is 26.7 Å². The van der Waals surface area contributed by atoms with E-state index in [2.05, 4.69) is 10.3 Å². The quantitative estimate of drug-likeness (QED) is 0.819. The Balaban J connectivity index is 2.12. The number of hydrogen-bond acceptors (Lipinski definition) is 4. The van der Waals surface area contributed by atoms with Gasteiger partial charge in [-0.15, -0.1) is 0 Å². The first kappa shape index (κ1) is 15.5. The molecule has 114 valence electrons.